The van der Waals surface area contributed by atoms with Gasteiger partial charge in [-0.25, -0.2) is 0 Å². The topological polar surface area (TPSA) is 79.9 Å². The minimum absolute atomic E-state index is 0.195. The number of ketones is 1. The number of nitrogens with one attached hydrogen (secondary N) is 2. The third kappa shape index (κ3) is 5.01. The summed E-state index contributed by atoms with van der Waals surface area (Å²) in [5.74, 6) is 1.19. The molecule has 2 N–H and O–H groups in total. The molecule has 3 heterocycles. The Kier molecular flexibility index (Phi) is 6.20. The SMILES string of the molecule is C[C@@H](CC(=O)Cc1cc2[nH]nc(NCC3CCCCO3)c2cn1)c1ccccc1. The highest BCUT2D eigenvalue weighted by Crippen LogP contribution is 2.23. The number of carbonyl (C=O) groups is 1. The summed E-state index contributed by atoms with van der Waals surface area (Å²) in [4.78, 5) is 17.0. The van der Waals surface area contributed by atoms with Gasteiger partial charge in [0, 0.05) is 37.9 Å². The van der Waals surface area contributed by atoms with Crippen molar-refractivity contribution in [3.8, 4) is 0 Å². The van der Waals surface area contributed by atoms with Gasteiger partial charge in [-0.1, -0.05) is 37.3 Å². The van der Waals surface area contributed by atoms with E-state index in [0.29, 0.717) is 12.8 Å². The summed E-state index contributed by atoms with van der Waals surface area (Å²) in [7, 11) is 0. The molecule has 1 aliphatic heterocycles. The number of H-pyrrole nitrogens is 1. The van der Waals surface area contributed by atoms with Gasteiger partial charge in [0.2, 0.25) is 0 Å². The maximum absolute atomic E-state index is 12.5. The van der Waals surface area contributed by atoms with Gasteiger partial charge in [-0.2, -0.15) is 5.10 Å². The standard InChI is InChI=1S/C23H28N4O2/c1-16(17-7-3-2-4-8-17)11-19(28)12-18-13-22-21(15-24-18)23(27-26-22)25-14-20-9-5-6-10-29-20/h2-4,7-8,13,15-16,20H,5-6,9-12,14H2,1H3,(H2,25,26,27)/t16-,20?/m0/s1. The summed E-state index contributed by atoms with van der Waals surface area (Å²) in [5.41, 5.74) is 2.86. The van der Waals surface area contributed by atoms with E-state index in [1.165, 1.54) is 12.0 Å². The third-order valence-electron chi connectivity index (χ3n) is 5.56. The first-order chi connectivity index (χ1) is 14.2. The minimum Gasteiger partial charge on any atom is -0.376 e. The average Bonchev–Trinajstić information content (AvgIpc) is 3.15. The van der Waals surface area contributed by atoms with Crippen molar-refractivity contribution >= 4 is 22.5 Å². The molecule has 4 rings (SSSR count). The number of fused-ring (bicyclic) bond motifs is 1. The molecular formula is C23H28N4O2. The summed E-state index contributed by atoms with van der Waals surface area (Å²) >= 11 is 0. The van der Waals surface area contributed by atoms with Gasteiger partial charge in [0.25, 0.3) is 0 Å². The maximum Gasteiger partial charge on any atom is 0.157 e. The first kappa shape index (κ1) is 19.6. The van der Waals surface area contributed by atoms with Crippen molar-refractivity contribution in [3.05, 3.63) is 53.9 Å². The van der Waals surface area contributed by atoms with E-state index in [1.807, 2.05) is 24.3 Å². The van der Waals surface area contributed by atoms with E-state index in [4.69, 9.17) is 4.74 Å². The smallest absolute Gasteiger partial charge is 0.157 e. The van der Waals surface area contributed by atoms with Gasteiger partial charge in [-0.3, -0.25) is 14.9 Å². The van der Waals surface area contributed by atoms with Crippen molar-refractivity contribution < 1.29 is 9.53 Å². The monoisotopic (exact) mass is 392 g/mol. The number of hydrogen-bond donors (Lipinski definition) is 2. The predicted molar refractivity (Wildman–Crippen MR) is 114 cm³/mol. The molecule has 1 unspecified atom stereocenters. The molecule has 29 heavy (non-hydrogen) atoms. The van der Waals surface area contributed by atoms with Crippen molar-refractivity contribution in [2.75, 3.05) is 18.5 Å². The van der Waals surface area contributed by atoms with Crippen molar-refractivity contribution in [2.45, 2.75) is 51.0 Å². The van der Waals surface area contributed by atoms with Crippen molar-refractivity contribution in [1.29, 1.82) is 0 Å². The van der Waals surface area contributed by atoms with Gasteiger partial charge in [-0.15, -0.1) is 0 Å². The van der Waals surface area contributed by atoms with Crippen LogP contribution in [0.5, 0.6) is 0 Å². The normalized spacial score (nSPS) is 17.9. The summed E-state index contributed by atoms with van der Waals surface area (Å²) in [6, 6.07) is 12.1. The molecule has 1 aromatic carbocycles. The number of pyridine rings is 1. The fraction of sp³-hybridized carbons (Fsp3) is 0.435. The first-order valence-electron chi connectivity index (χ1n) is 10.4. The lowest BCUT2D eigenvalue weighted by atomic mass is 9.94. The molecule has 2 atom stereocenters. The van der Waals surface area contributed by atoms with Crippen LogP contribution in [-0.2, 0) is 16.0 Å². The number of anilines is 1. The highest BCUT2D eigenvalue weighted by Gasteiger charge is 2.16. The molecule has 0 radical (unpaired) electrons. The quantitative estimate of drug-likeness (QED) is 0.599. The Hall–Kier alpha value is -2.73. The minimum atomic E-state index is 0.195. The number of hydrogen-bond acceptors (Lipinski definition) is 5. The highest BCUT2D eigenvalue weighted by atomic mass is 16.5. The maximum atomic E-state index is 12.5. The van der Waals surface area contributed by atoms with E-state index in [-0.39, 0.29) is 17.8 Å². The largest absolute Gasteiger partial charge is 0.376 e. The molecule has 1 aliphatic rings. The van der Waals surface area contributed by atoms with Crippen molar-refractivity contribution in [3.63, 3.8) is 0 Å². The summed E-state index contributed by atoms with van der Waals surface area (Å²) in [6.45, 7) is 3.68. The van der Waals surface area contributed by atoms with E-state index in [1.54, 1.807) is 6.20 Å². The number of ether oxygens (including phenoxy) is 1. The van der Waals surface area contributed by atoms with Crippen LogP contribution in [0.4, 0.5) is 5.82 Å². The van der Waals surface area contributed by atoms with Gasteiger partial charge in [0.15, 0.2) is 5.82 Å². The van der Waals surface area contributed by atoms with Gasteiger partial charge in [0.1, 0.15) is 5.78 Å². The fourth-order valence-corrected chi connectivity index (χ4v) is 3.88. The summed E-state index contributed by atoms with van der Waals surface area (Å²) in [6.07, 6.45) is 6.35. The zero-order valence-electron chi connectivity index (χ0n) is 16.9. The molecule has 6 heteroatoms. The highest BCUT2D eigenvalue weighted by molar-refractivity contribution is 5.90. The summed E-state index contributed by atoms with van der Waals surface area (Å²) in [5, 5.41) is 11.7. The van der Waals surface area contributed by atoms with Crippen LogP contribution in [0.15, 0.2) is 42.6 Å². The Morgan fingerprint density at radius 1 is 1.31 bits per heavy atom. The molecular weight excluding hydrogens is 364 g/mol. The third-order valence-corrected chi connectivity index (χ3v) is 5.56. The van der Waals surface area contributed by atoms with Crippen LogP contribution in [-0.4, -0.2) is 40.2 Å². The molecule has 152 valence electrons. The molecule has 0 aliphatic carbocycles. The number of benzene rings is 1. The number of aromatic amines is 1. The molecule has 2 aromatic heterocycles. The van der Waals surface area contributed by atoms with Gasteiger partial charge >= 0.3 is 0 Å². The van der Waals surface area contributed by atoms with Crippen LogP contribution in [0.25, 0.3) is 10.9 Å². The van der Waals surface area contributed by atoms with E-state index in [9.17, 15) is 4.79 Å². The fourth-order valence-electron chi connectivity index (χ4n) is 3.88. The molecule has 1 fully saturated rings. The second kappa shape index (κ2) is 9.18. The Labute approximate surface area is 171 Å². The van der Waals surface area contributed by atoms with Gasteiger partial charge < -0.3 is 10.1 Å². The van der Waals surface area contributed by atoms with Crippen LogP contribution < -0.4 is 5.32 Å². The lowest BCUT2D eigenvalue weighted by Crippen LogP contribution is -2.27. The lowest BCUT2D eigenvalue weighted by molar-refractivity contribution is -0.118. The average molecular weight is 393 g/mol. The number of Topliss-reactive ketones (excluding diaryl/α,β-unsaturated/α-hetero) is 1. The predicted octanol–water partition coefficient (Wildman–Crippen LogP) is 4.24. The van der Waals surface area contributed by atoms with E-state index in [2.05, 4.69) is 39.6 Å². The van der Waals surface area contributed by atoms with Gasteiger partial charge in [0.05, 0.1) is 17.0 Å². The van der Waals surface area contributed by atoms with E-state index < -0.39 is 0 Å². The number of aromatic nitrogens is 3. The molecule has 6 nitrogen and oxygen atoms in total. The molecule has 0 saturated carbocycles. The Morgan fingerprint density at radius 2 is 2.17 bits per heavy atom. The molecule has 3 aromatic rings. The van der Waals surface area contributed by atoms with Crippen LogP contribution in [0.1, 0.15) is 49.8 Å². The van der Waals surface area contributed by atoms with Gasteiger partial charge in [-0.05, 0) is 36.8 Å². The lowest BCUT2D eigenvalue weighted by Gasteiger charge is -2.22. The van der Waals surface area contributed by atoms with Crippen molar-refractivity contribution in [1.82, 2.24) is 15.2 Å². The Morgan fingerprint density at radius 3 is 2.97 bits per heavy atom. The molecule has 1 saturated heterocycles. The Bertz CT molecular complexity index is 948. The zero-order chi connectivity index (χ0) is 20.1. The summed E-state index contributed by atoms with van der Waals surface area (Å²) < 4.78 is 5.76. The van der Waals surface area contributed by atoms with Crippen LogP contribution in [0.2, 0.25) is 0 Å². The second-order valence-corrected chi connectivity index (χ2v) is 7.89. The number of nitrogens with zero attached hydrogens (tertiary/aromatic N) is 2. The van der Waals surface area contributed by atoms with Crippen molar-refractivity contribution in [2.24, 2.45) is 0 Å². The Balaban J connectivity index is 1.35. The van der Waals surface area contributed by atoms with Crippen LogP contribution >= 0.6 is 0 Å². The van der Waals surface area contributed by atoms with Crippen LogP contribution in [0, 0.1) is 0 Å². The second-order valence-electron chi connectivity index (χ2n) is 7.89. The zero-order valence-corrected chi connectivity index (χ0v) is 16.9. The molecule has 0 amide bonds. The van der Waals surface area contributed by atoms with Crippen LogP contribution in [0.3, 0.4) is 0 Å². The molecule has 0 spiro atoms. The molecule has 0 bridgehead atoms. The van der Waals surface area contributed by atoms with E-state index >= 15 is 0 Å². The number of rotatable bonds is 8. The van der Waals surface area contributed by atoms with E-state index in [0.717, 1.165) is 48.4 Å². The number of carbonyl (C=O) groups excluding carboxylic acids is 1. The first-order valence-corrected chi connectivity index (χ1v) is 10.4.